The Kier molecular flexibility index (Phi) is 3.46. The Hall–Kier alpha value is -2.60. The summed E-state index contributed by atoms with van der Waals surface area (Å²) in [6, 6.07) is 9.00. The first-order chi connectivity index (χ1) is 10.5. The second kappa shape index (κ2) is 5.31. The van der Waals surface area contributed by atoms with E-state index < -0.39 is 0 Å². The van der Waals surface area contributed by atoms with E-state index in [0.717, 1.165) is 21.5 Å². The van der Waals surface area contributed by atoms with E-state index >= 15 is 0 Å². The Bertz CT molecular complexity index is 885. The van der Waals surface area contributed by atoms with Gasteiger partial charge >= 0.3 is 0 Å². The zero-order chi connectivity index (χ0) is 15.9. The molecule has 0 aliphatic carbocycles. The van der Waals surface area contributed by atoms with Crippen molar-refractivity contribution in [3.05, 3.63) is 46.5 Å². The van der Waals surface area contributed by atoms with Gasteiger partial charge in [0, 0.05) is 22.5 Å². The van der Waals surface area contributed by atoms with Gasteiger partial charge in [0.2, 0.25) is 0 Å². The first-order valence-corrected chi connectivity index (χ1v) is 7.60. The molecule has 0 unspecified atom stereocenters. The van der Waals surface area contributed by atoms with Crippen LogP contribution in [0.3, 0.4) is 0 Å². The maximum absolute atomic E-state index is 12.5. The summed E-state index contributed by atoms with van der Waals surface area (Å²) in [6.07, 6.45) is 0. The van der Waals surface area contributed by atoms with E-state index in [1.165, 1.54) is 11.3 Å². The van der Waals surface area contributed by atoms with E-state index in [1.807, 2.05) is 19.9 Å². The average Bonchev–Trinajstić information content (AvgIpc) is 2.76. The monoisotopic (exact) mass is 312 g/mol. The second-order valence-corrected chi connectivity index (χ2v) is 6.18. The van der Waals surface area contributed by atoms with Crippen LogP contribution in [-0.2, 0) is 0 Å². The molecule has 1 amide bonds. The lowest BCUT2D eigenvalue weighted by atomic mass is 10.1. The summed E-state index contributed by atoms with van der Waals surface area (Å²) in [5.41, 5.74) is 15.5. The van der Waals surface area contributed by atoms with E-state index in [9.17, 15) is 4.79 Å². The fraction of sp³-hybridized carbons (Fsp3) is 0.125. The minimum Gasteiger partial charge on any atom is -0.399 e. The minimum absolute atomic E-state index is 0.247. The molecule has 2 aromatic heterocycles. The van der Waals surface area contributed by atoms with Crippen molar-refractivity contribution in [2.24, 2.45) is 0 Å². The van der Waals surface area contributed by atoms with Gasteiger partial charge in [0.25, 0.3) is 5.91 Å². The van der Waals surface area contributed by atoms with Gasteiger partial charge in [-0.15, -0.1) is 11.3 Å². The molecule has 0 aliphatic heterocycles. The lowest BCUT2D eigenvalue weighted by Crippen LogP contribution is -2.12. The van der Waals surface area contributed by atoms with Crippen molar-refractivity contribution in [2.75, 3.05) is 16.8 Å². The highest BCUT2D eigenvalue weighted by Crippen LogP contribution is 2.35. The molecule has 6 heteroatoms. The molecule has 0 aliphatic rings. The number of rotatable bonds is 2. The molecular weight excluding hydrogens is 296 g/mol. The quantitative estimate of drug-likeness (QED) is 0.633. The Morgan fingerprint density at radius 1 is 1.23 bits per heavy atom. The number of nitrogen functional groups attached to an aromatic ring is 2. The lowest BCUT2D eigenvalue weighted by Gasteiger charge is -2.05. The number of amides is 1. The molecule has 1 aromatic carbocycles. The molecule has 2 heterocycles. The van der Waals surface area contributed by atoms with Crippen molar-refractivity contribution >= 4 is 44.5 Å². The summed E-state index contributed by atoms with van der Waals surface area (Å²) in [6.45, 7) is 3.90. The number of benzene rings is 1. The van der Waals surface area contributed by atoms with Crippen LogP contribution in [0.5, 0.6) is 0 Å². The molecule has 0 bridgehead atoms. The zero-order valence-corrected chi connectivity index (χ0v) is 13.1. The Morgan fingerprint density at radius 3 is 2.73 bits per heavy atom. The average molecular weight is 312 g/mol. The largest absolute Gasteiger partial charge is 0.399 e. The molecule has 5 N–H and O–H groups in total. The molecule has 5 nitrogen and oxygen atoms in total. The highest BCUT2D eigenvalue weighted by molar-refractivity contribution is 7.21. The maximum Gasteiger partial charge on any atom is 0.267 e. The molecule has 3 aromatic rings. The predicted octanol–water partition coefficient (Wildman–Crippen LogP) is 3.33. The van der Waals surface area contributed by atoms with Gasteiger partial charge in [0.15, 0.2) is 0 Å². The van der Waals surface area contributed by atoms with Crippen LogP contribution in [0.4, 0.5) is 17.1 Å². The third kappa shape index (κ3) is 2.48. The van der Waals surface area contributed by atoms with Gasteiger partial charge in [0.1, 0.15) is 9.71 Å². The molecule has 0 radical (unpaired) electrons. The predicted molar refractivity (Wildman–Crippen MR) is 92.3 cm³/mol. The number of nitrogens with one attached hydrogen (secondary N) is 1. The first-order valence-electron chi connectivity index (χ1n) is 6.79. The number of hydrogen-bond acceptors (Lipinski definition) is 5. The normalized spacial score (nSPS) is 10.8. The molecule has 3 rings (SSSR count). The number of nitrogens with two attached hydrogens (primary N) is 2. The minimum atomic E-state index is -0.247. The number of anilines is 3. The van der Waals surface area contributed by atoms with Crippen LogP contribution in [0.1, 0.15) is 20.9 Å². The smallest absolute Gasteiger partial charge is 0.267 e. The van der Waals surface area contributed by atoms with Crippen LogP contribution in [0, 0.1) is 13.8 Å². The number of carbonyl (C=O) groups excluding carboxylic acids is 1. The maximum atomic E-state index is 12.5. The SMILES string of the molecule is Cc1cc(C)c2c(N)c(C(=O)Nc3cccc(N)c3)sc2n1. The summed E-state index contributed by atoms with van der Waals surface area (Å²) < 4.78 is 0. The topological polar surface area (TPSA) is 94.0 Å². The van der Waals surface area contributed by atoms with Crippen molar-refractivity contribution in [1.29, 1.82) is 0 Å². The van der Waals surface area contributed by atoms with E-state index in [1.54, 1.807) is 24.3 Å². The van der Waals surface area contributed by atoms with Crippen molar-refractivity contribution < 1.29 is 4.79 Å². The van der Waals surface area contributed by atoms with Crippen LogP contribution >= 0.6 is 11.3 Å². The third-order valence-corrected chi connectivity index (χ3v) is 4.47. The number of aromatic nitrogens is 1. The molecule has 0 spiro atoms. The number of hydrogen-bond donors (Lipinski definition) is 3. The fourth-order valence-corrected chi connectivity index (χ4v) is 3.55. The van der Waals surface area contributed by atoms with Crippen LogP contribution in [0.2, 0.25) is 0 Å². The van der Waals surface area contributed by atoms with E-state index in [-0.39, 0.29) is 5.91 Å². The molecule has 0 atom stereocenters. The summed E-state index contributed by atoms with van der Waals surface area (Å²) in [4.78, 5) is 18.2. The van der Waals surface area contributed by atoms with Crippen molar-refractivity contribution in [3.8, 4) is 0 Å². The number of thiophene rings is 1. The van der Waals surface area contributed by atoms with Gasteiger partial charge in [-0.1, -0.05) is 6.07 Å². The fourth-order valence-electron chi connectivity index (χ4n) is 2.44. The van der Waals surface area contributed by atoms with Gasteiger partial charge in [-0.3, -0.25) is 4.79 Å². The number of aryl methyl sites for hydroxylation is 2. The summed E-state index contributed by atoms with van der Waals surface area (Å²) >= 11 is 1.30. The lowest BCUT2D eigenvalue weighted by molar-refractivity contribution is 0.103. The molecule has 0 fully saturated rings. The number of fused-ring (bicyclic) bond motifs is 1. The van der Waals surface area contributed by atoms with Gasteiger partial charge in [-0.25, -0.2) is 4.98 Å². The highest BCUT2D eigenvalue weighted by atomic mass is 32.1. The van der Waals surface area contributed by atoms with Gasteiger partial charge in [-0.2, -0.15) is 0 Å². The molecule has 0 saturated heterocycles. The Morgan fingerprint density at radius 2 is 2.00 bits per heavy atom. The second-order valence-electron chi connectivity index (χ2n) is 5.19. The molecule has 0 saturated carbocycles. The Balaban J connectivity index is 2.01. The molecule has 22 heavy (non-hydrogen) atoms. The van der Waals surface area contributed by atoms with E-state index in [2.05, 4.69) is 10.3 Å². The van der Waals surface area contributed by atoms with Crippen LogP contribution in [0.25, 0.3) is 10.2 Å². The zero-order valence-electron chi connectivity index (χ0n) is 12.3. The number of pyridine rings is 1. The first kappa shape index (κ1) is 14.3. The number of nitrogens with zero attached hydrogens (tertiary/aromatic N) is 1. The van der Waals surface area contributed by atoms with Crippen molar-refractivity contribution in [2.45, 2.75) is 13.8 Å². The van der Waals surface area contributed by atoms with Gasteiger partial charge in [0.05, 0.1) is 5.69 Å². The van der Waals surface area contributed by atoms with Crippen molar-refractivity contribution in [1.82, 2.24) is 4.98 Å². The summed E-state index contributed by atoms with van der Waals surface area (Å²) in [5, 5.41) is 3.67. The van der Waals surface area contributed by atoms with Crippen LogP contribution in [-0.4, -0.2) is 10.9 Å². The molecule has 112 valence electrons. The van der Waals surface area contributed by atoms with Gasteiger partial charge in [-0.05, 0) is 43.7 Å². The summed E-state index contributed by atoms with van der Waals surface area (Å²) in [7, 11) is 0. The third-order valence-electron chi connectivity index (χ3n) is 3.37. The molecular formula is C16H16N4OS. The van der Waals surface area contributed by atoms with E-state index in [0.29, 0.717) is 21.9 Å². The standard InChI is InChI=1S/C16H16N4OS/c1-8-6-9(2)19-16-12(8)13(18)14(22-16)15(21)20-11-5-3-4-10(17)7-11/h3-7H,17-18H2,1-2H3,(H,20,21). The van der Waals surface area contributed by atoms with Gasteiger partial charge < -0.3 is 16.8 Å². The van der Waals surface area contributed by atoms with Crippen LogP contribution < -0.4 is 16.8 Å². The van der Waals surface area contributed by atoms with E-state index in [4.69, 9.17) is 11.5 Å². The summed E-state index contributed by atoms with van der Waals surface area (Å²) in [5.74, 6) is -0.247. The number of carbonyl (C=O) groups is 1. The Labute approximate surface area is 132 Å². The van der Waals surface area contributed by atoms with Crippen molar-refractivity contribution in [3.63, 3.8) is 0 Å². The van der Waals surface area contributed by atoms with Crippen LogP contribution in [0.15, 0.2) is 30.3 Å². The highest BCUT2D eigenvalue weighted by Gasteiger charge is 2.19.